The molecule has 0 saturated carbocycles. The molecule has 1 N–H and O–H groups in total. The van der Waals surface area contributed by atoms with Crippen LogP contribution < -0.4 is 20.3 Å². The molecule has 6 nitrogen and oxygen atoms in total. The summed E-state index contributed by atoms with van der Waals surface area (Å²) in [6.45, 7) is 0.519. The maximum atomic E-state index is 12.3. The first-order chi connectivity index (χ1) is 12.6. The van der Waals surface area contributed by atoms with Gasteiger partial charge in [0.1, 0.15) is 11.5 Å². The Morgan fingerprint density at radius 2 is 1.96 bits per heavy atom. The number of amides is 1. The number of methoxy groups -OCH3 is 2. The summed E-state index contributed by atoms with van der Waals surface area (Å²) in [6.07, 6.45) is 0.896. The Morgan fingerprint density at radius 1 is 1.15 bits per heavy atom. The summed E-state index contributed by atoms with van der Waals surface area (Å²) in [7, 11) is 3.11. The molecule has 0 atom stereocenters. The third-order valence-electron chi connectivity index (χ3n) is 4.00. The predicted molar refractivity (Wildman–Crippen MR) is 103 cm³/mol. The van der Waals surface area contributed by atoms with Gasteiger partial charge in [0.15, 0.2) is 0 Å². The molecule has 0 aliphatic carbocycles. The number of rotatable bonds is 7. The number of anilines is 1. The van der Waals surface area contributed by atoms with Crippen LogP contribution in [0.3, 0.4) is 0 Å². The molecule has 0 bridgehead atoms. The summed E-state index contributed by atoms with van der Waals surface area (Å²) in [5.41, 5.74) is 0.597. The number of aromatic nitrogens is 1. The standard InChI is InChI=1S/C19H20N2O4S/c1-24-13-9-10-15(16(12-13)25-2)20-18(22)8-5-11-21-19(23)14-6-3-4-7-17(14)26-21/h3-4,6-7,9-10,12H,5,8,11H2,1-2H3,(H,20,22). The molecule has 136 valence electrons. The van der Waals surface area contributed by atoms with E-state index in [1.807, 2.05) is 24.3 Å². The first-order valence-electron chi connectivity index (χ1n) is 8.23. The highest BCUT2D eigenvalue weighted by molar-refractivity contribution is 7.13. The van der Waals surface area contributed by atoms with E-state index in [1.54, 1.807) is 29.3 Å². The molecule has 26 heavy (non-hydrogen) atoms. The average Bonchev–Trinajstić information content (AvgIpc) is 2.98. The Morgan fingerprint density at radius 3 is 2.69 bits per heavy atom. The fourth-order valence-electron chi connectivity index (χ4n) is 2.66. The van der Waals surface area contributed by atoms with Crippen LogP contribution in [0.4, 0.5) is 5.69 Å². The van der Waals surface area contributed by atoms with Gasteiger partial charge in [-0.05, 0) is 30.7 Å². The molecule has 3 aromatic rings. The van der Waals surface area contributed by atoms with Gasteiger partial charge in [-0.2, -0.15) is 0 Å². The lowest BCUT2D eigenvalue weighted by molar-refractivity contribution is -0.116. The second-order valence-corrected chi connectivity index (χ2v) is 6.78. The van der Waals surface area contributed by atoms with Gasteiger partial charge in [0.25, 0.3) is 5.56 Å². The fraction of sp³-hybridized carbons (Fsp3) is 0.263. The van der Waals surface area contributed by atoms with Gasteiger partial charge in [0.2, 0.25) is 5.91 Å². The first kappa shape index (κ1) is 18.0. The maximum Gasteiger partial charge on any atom is 0.268 e. The summed E-state index contributed by atoms with van der Waals surface area (Å²) < 4.78 is 13.1. The van der Waals surface area contributed by atoms with Gasteiger partial charge >= 0.3 is 0 Å². The Hall–Kier alpha value is -2.80. The Kier molecular flexibility index (Phi) is 5.58. The lowest BCUT2D eigenvalue weighted by atomic mass is 10.2. The zero-order chi connectivity index (χ0) is 18.5. The number of carbonyl (C=O) groups excluding carboxylic acids is 1. The van der Waals surface area contributed by atoms with Crippen molar-refractivity contribution in [1.29, 1.82) is 0 Å². The van der Waals surface area contributed by atoms with Gasteiger partial charge in [0.05, 0.1) is 30.0 Å². The van der Waals surface area contributed by atoms with Crippen molar-refractivity contribution in [3.05, 3.63) is 52.8 Å². The monoisotopic (exact) mass is 372 g/mol. The lowest BCUT2D eigenvalue weighted by Gasteiger charge is -2.11. The molecule has 0 saturated heterocycles. The van der Waals surface area contributed by atoms with E-state index in [0.29, 0.717) is 36.6 Å². The minimum atomic E-state index is -0.123. The Labute approximate surface area is 155 Å². The lowest BCUT2D eigenvalue weighted by Crippen LogP contribution is -2.16. The van der Waals surface area contributed by atoms with Crippen LogP contribution >= 0.6 is 11.5 Å². The second-order valence-electron chi connectivity index (χ2n) is 5.71. The number of aryl methyl sites for hydroxylation is 1. The van der Waals surface area contributed by atoms with Gasteiger partial charge in [-0.15, -0.1) is 0 Å². The average molecular weight is 372 g/mol. The molecule has 0 spiro atoms. The van der Waals surface area contributed by atoms with E-state index in [0.717, 1.165) is 10.1 Å². The van der Waals surface area contributed by atoms with Crippen molar-refractivity contribution < 1.29 is 14.3 Å². The minimum absolute atomic E-state index is 0.00262. The van der Waals surface area contributed by atoms with Crippen molar-refractivity contribution in [3.8, 4) is 11.5 Å². The molecule has 1 amide bonds. The smallest absolute Gasteiger partial charge is 0.268 e. The van der Waals surface area contributed by atoms with Crippen molar-refractivity contribution in [3.63, 3.8) is 0 Å². The highest BCUT2D eigenvalue weighted by Gasteiger charge is 2.10. The first-order valence-corrected chi connectivity index (χ1v) is 9.00. The van der Waals surface area contributed by atoms with Crippen molar-refractivity contribution in [2.45, 2.75) is 19.4 Å². The highest BCUT2D eigenvalue weighted by atomic mass is 32.1. The molecule has 0 unspecified atom stereocenters. The SMILES string of the molecule is COc1ccc(NC(=O)CCCn2sc3ccccc3c2=O)c(OC)c1. The maximum absolute atomic E-state index is 12.3. The zero-order valence-corrected chi connectivity index (χ0v) is 15.5. The second kappa shape index (κ2) is 8.05. The van der Waals surface area contributed by atoms with Crippen LogP contribution in [0.15, 0.2) is 47.3 Å². The minimum Gasteiger partial charge on any atom is -0.497 e. The molecule has 0 aliphatic heterocycles. The molecule has 0 fully saturated rings. The van der Waals surface area contributed by atoms with E-state index in [2.05, 4.69) is 5.32 Å². The van der Waals surface area contributed by atoms with E-state index in [4.69, 9.17) is 9.47 Å². The van der Waals surface area contributed by atoms with Crippen LogP contribution in [0.1, 0.15) is 12.8 Å². The number of ether oxygens (including phenoxy) is 2. The third kappa shape index (κ3) is 3.88. The summed E-state index contributed by atoms with van der Waals surface area (Å²) in [5, 5.41) is 3.56. The number of nitrogens with zero attached hydrogens (tertiary/aromatic N) is 1. The summed E-state index contributed by atoms with van der Waals surface area (Å²) in [4.78, 5) is 24.5. The molecule has 3 rings (SSSR count). The highest BCUT2D eigenvalue weighted by Crippen LogP contribution is 2.29. The van der Waals surface area contributed by atoms with Crippen LogP contribution in [-0.2, 0) is 11.3 Å². The zero-order valence-electron chi connectivity index (χ0n) is 14.7. The van der Waals surface area contributed by atoms with E-state index >= 15 is 0 Å². The predicted octanol–water partition coefficient (Wildman–Crippen LogP) is 3.50. The molecule has 1 heterocycles. The van der Waals surface area contributed by atoms with Gasteiger partial charge in [0, 0.05) is 19.0 Å². The third-order valence-corrected chi connectivity index (χ3v) is 5.12. The molecular formula is C19H20N2O4S. The van der Waals surface area contributed by atoms with Crippen LogP contribution in [0.25, 0.3) is 10.1 Å². The number of carbonyl (C=O) groups is 1. The van der Waals surface area contributed by atoms with Crippen LogP contribution in [-0.4, -0.2) is 24.1 Å². The van der Waals surface area contributed by atoms with Crippen LogP contribution in [0, 0.1) is 0 Å². The quantitative estimate of drug-likeness (QED) is 0.689. The summed E-state index contributed by atoms with van der Waals surface area (Å²) in [6, 6.07) is 12.7. The largest absolute Gasteiger partial charge is 0.497 e. The molecular weight excluding hydrogens is 352 g/mol. The van der Waals surface area contributed by atoms with Crippen molar-refractivity contribution >= 4 is 33.2 Å². The van der Waals surface area contributed by atoms with Gasteiger partial charge in [-0.25, -0.2) is 0 Å². The van der Waals surface area contributed by atoms with E-state index in [1.165, 1.54) is 18.6 Å². The van der Waals surface area contributed by atoms with Crippen LogP contribution in [0.5, 0.6) is 11.5 Å². The topological polar surface area (TPSA) is 69.6 Å². The fourth-order valence-corrected chi connectivity index (χ4v) is 3.69. The van der Waals surface area contributed by atoms with Crippen molar-refractivity contribution in [2.24, 2.45) is 0 Å². The number of hydrogen-bond donors (Lipinski definition) is 1. The van der Waals surface area contributed by atoms with E-state index in [-0.39, 0.29) is 11.5 Å². The number of nitrogens with one attached hydrogen (secondary N) is 1. The van der Waals surface area contributed by atoms with Crippen LogP contribution in [0.2, 0.25) is 0 Å². The summed E-state index contributed by atoms with van der Waals surface area (Å²) in [5.74, 6) is 1.07. The van der Waals surface area contributed by atoms with Crippen molar-refractivity contribution in [2.75, 3.05) is 19.5 Å². The van der Waals surface area contributed by atoms with E-state index < -0.39 is 0 Å². The molecule has 0 aliphatic rings. The number of benzene rings is 2. The van der Waals surface area contributed by atoms with Gasteiger partial charge in [-0.1, -0.05) is 23.7 Å². The Balaban J connectivity index is 1.59. The van der Waals surface area contributed by atoms with Crippen molar-refractivity contribution in [1.82, 2.24) is 3.96 Å². The molecule has 1 aromatic heterocycles. The van der Waals surface area contributed by atoms with Gasteiger partial charge < -0.3 is 14.8 Å². The number of fused-ring (bicyclic) bond motifs is 1. The van der Waals surface area contributed by atoms with E-state index in [9.17, 15) is 9.59 Å². The Bertz CT molecular complexity index is 977. The normalized spacial score (nSPS) is 10.7. The molecule has 7 heteroatoms. The molecule has 0 radical (unpaired) electrons. The molecule has 2 aromatic carbocycles. The summed E-state index contributed by atoms with van der Waals surface area (Å²) >= 11 is 1.43. The van der Waals surface area contributed by atoms with Gasteiger partial charge in [-0.3, -0.25) is 13.5 Å². The number of hydrogen-bond acceptors (Lipinski definition) is 5.